The van der Waals surface area contributed by atoms with Gasteiger partial charge in [-0.25, -0.2) is 0 Å². The Bertz CT molecular complexity index is 430. The monoisotopic (exact) mass is 275 g/mol. The molecule has 1 aromatic rings. The van der Waals surface area contributed by atoms with Crippen LogP contribution in [0, 0.1) is 0 Å². The van der Waals surface area contributed by atoms with E-state index in [4.69, 9.17) is 5.73 Å². The van der Waals surface area contributed by atoms with E-state index >= 15 is 0 Å². The largest absolute Gasteiger partial charge is 0.354 e. The Hall–Kier alpha value is -1.39. The van der Waals surface area contributed by atoms with E-state index in [0.717, 1.165) is 24.2 Å². The zero-order chi connectivity index (χ0) is 14.4. The van der Waals surface area contributed by atoms with Crippen LogP contribution in [0.25, 0.3) is 0 Å². The van der Waals surface area contributed by atoms with E-state index in [-0.39, 0.29) is 5.91 Å². The number of hydrogen-bond acceptors (Lipinski definition) is 3. The van der Waals surface area contributed by atoms with Gasteiger partial charge in [0, 0.05) is 19.1 Å². The molecular formula is C16H25N3O. The molecule has 1 atom stereocenters. The number of amides is 1. The first-order valence-corrected chi connectivity index (χ1v) is 7.44. The first kappa shape index (κ1) is 15.0. The summed E-state index contributed by atoms with van der Waals surface area (Å²) < 4.78 is 0. The number of nitrogens with zero attached hydrogens (tertiary/aromatic N) is 1. The van der Waals surface area contributed by atoms with Crippen LogP contribution in [0.5, 0.6) is 0 Å². The summed E-state index contributed by atoms with van der Waals surface area (Å²) in [5, 5.41) is 3.05. The lowest BCUT2D eigenvalue weighted by Crippen LogP contribution is -2.44. The van der Waals surface area contributed by atoms with Gasteiger partial charge in [-0.3, -0.25) is 4.79 Å². The predicted molar refractivity (Wildman–Crippen MR) is 81.3 cm³/mol. The van der Waals surface area contributed by atoms with Gasteiger partial charge < -0.3 is 16.0 Å². The molecule has 1 amide bonds. The highest BCUT2D eigenvalue weighted by molar-refractivity contribution is 5.78. The molecule has 0 bridgehead atoms. The lowest BCUT2D eigenvalue weighted by atomic mass is 10.0. The van der Waals surface area contributed by atoms with E-state index in [1.807, 2.05) is 24.3 Å². The number of hydrogen-bond donors (Lipinski definition) is 2. The van der Waals surface area contributed by atoms with Crippen molar-refractivity contribution in [2.45, 2.75) is 38.3 Å². The molecule has 4 nitrogen and oxygen atoms in total. The van der Waals surface area contributed by atoms with Gasteiger partial charge in [0.05, 0.1) is 6.42 Å². The molecule has 0 spiro atoms. The van der Waals surface area contributed by atoms with Crippen LogP contribution in [0.3, 0.4) is 0 Å². The summed E-state index contributed by atoms with van der Waals surface area (Å²) in [6, 6.07) is 8.42. The van der Waals surface area contributed by atoms with Gasteiger partial charge in [0.15, 0.2) is 0 Å². The number of carbonyl (C=O) groups is 1. The third kappa shape index (κ3) is 4.32. The third-order valence-corrected chi connectivity index (χ3v) is 4.08. The van der Waals surface area contributed by atoms with Crippen LogP contribution in [0.4, 0.5) is 0 Å². The summed E-state index contributed by atoms with van der Waals surface area (Å²) in [6.07, 6.45) is 4.17. The van der Waals surface area contributed by atoms with Gasteiger partial charge in [0.1, 0.15) is 0 Å². The molecule has 1 unspecified atom stereocenters. The lowest BCUT2D eigenvalue weighted by Gasteiger charge is -2.32. The minimum atomic E-state index is 0.101. The van der Waals surface area contributed by atoms with E-state index in [1.165, 1.54) is 19.3 Å². The van der Waals surface area contributed by atoms with Gasteiger partial charge in [0.25, 0.3) is 0 Å². The summed E-state index contributed by atoms with van der Waals surface area (Å²) in [6.45, 7) is 2.44. The molecule has 1 aliphatic heterocycles. The summed E-state index contributed by atoms with van der Waals surface area (Å²) in [5.74, 6) is 0.101. The van der Waals surface area contributed by atoms with Crippen molar-refractivity contribution in [2.24, 2.45) is 5.73 Å². The minimum absolute atomic E-state index is 0.101. The Morgan fingerprint density at radius 3 is 2.65 bits per heavy atom. The maximum absolute atomic E-state index is 12.0. The van der Waals surface area contributed by atoms with Crippen molar-refractivity contribution in [3.8, 4) is 0 Å². The maximum atomic E-state index is 12.0. The van der Waals surface area contributed by atoms with Crippen molar-refractivity contribution in [1.82, 2.24) is 10.2 Å². The van der Waals surface area contributed by atoms with Crippen LogP contribution < -0.4 is 11.1 Å². The molecule has 1 saturated heterocycles. The Kier molecular flexibility index (Phi) is 5.56. The quantitative estimate of drug-likeness (QED) is 0.851. The fraction of sp³-hybridized carbons (Fsp3) is 0.562. The molecule has 1 aromatic carbocycles. The Labute approximate surface area is 121 Å². The van der Waals surface area contributed by atoms with E-state index in [0.29, 0.717) is 19.0 Å². The molecule has 0 aliphatic carbocycles. The lowest BCUT2D eigenvalue weighted by molar-refractivity contribution is -0.120. The molecule has 1 fully saturated rings. The highest BCUT2D eigenvalue weighted by Gasteiger charge is 2.19. The van der Waals surface area contributed by atoms with Gasteiger partial charge in [0.2, 0.25) is 5.91 Å². The highest BCUT2D eigenvalue weighted by atomic mass is 16.1. The van der Waals surface area contributed by atoms with Crippen molar-refractivity contribution >= 4 is 5.91 Å². The third-order valence-electron chi connectivity index (χ3n) is 4.08. The van der Waals surface area contributed by atoms with Gasteiger partial charge in [-0.15, -0.1) is 0 Å². The smallest absolute Gasteiger partial charge is 0.224 e. The normalized spacial score (nSPS) is 19.8. The van der Waals surface area contributed by atoms with Crippen LogP contribution in [-0.2, 0) is 17.8 Å². The van der Waals surface area contributed by atoms with Gasteiger partial charge in [-0.05, 0) is 37.6 Å². The molecule has 1 aliphatic rings. The van der Waals surface area contributed by atoms with Crippen molar-refractivity contribution in [2.75, 3.05) is 20.1 Å². The zero-order valence-corrected chi connectivity index (χ0v) is 12.3. The second-order valence-electron chi connectivity index (χ2n) is 5.63. The first-order valence-electron chi connectivity index (χ1n) is 7.44. The average Bonchev–Trinajstić information content (AvgIpc) is 2.47. The fourth-order valence-corrected chi connectivity index (χ4v) is 2.67. The topological polar surface area (TPSA) is 58.4 Å². The molecule has 0 radical (unpaired) electrons. The summed E-state index contributed by atoms with van der Waals surface area (Å²) in [5.41, 5.74) is 7.69. The number of benzene rings is 1. The zero-order valence-electron chi connectivity index (χ0n) is 12.3. The van der Waals surface area contributed by atoms with E-state index in [1.54, 1.807) is 0 Å². The summed E-state index contributed by atoms with van der Waals surface area (Å²) >= 11 is 0. The van der Waals surface area contributed by atoms with E-state index < -0.39 is 0 Å². The number of nitrogens with one attached hydrogen (secondary N) is 1. The van der Waals surface area contributed by atoms with Crippen molar-refractivity contribution in [3.05, 3.63) is 35.4 Å². The van der Waals surface area contributed by atoms with Crippen LogP contribution in [0.1, 0.15) is 30.4 Å². The molecular weight excluding hydrogens is 250 g/mol. The fourth-order valence-electron chi connectivity index (χ4n) is 2.67. The Balaban J connectivity index is 1.76. The first-order chi connectivity index (χ1) is 9.69. The number of rotatable bonds is 5. The Morgan fingerprint density at radius 1 is 1.30 bits per heavy atom. The van der Waals surface area contributed by atoms with Gasteiger partial charge in [-0.2, -0.15) is 0 Å². The van der Waals surface area contributed by atoms with E-state index in [2.05, 4.69) is 17.3 Å². The van der Waals surface area contributed by atoms with Crippen molar-refractivity contribution in [3.63, 3.8) is 0 Å². The summed E-state index contributed by atoms with van der Waals surface area (Å²) in [7, 11) is 2.14. The molecule has 2 rings (SSSR count). The highest BCUT2D eigenvalue weighted by Crippen LogP contribution is 2.14. The van der Waals surface area contributed by atoms with E-state index in [9.17, 15) is 4.79 Å². The predicted octanol–water partition coefficient (Wildman–Crippen LogP) is 1.29. The molecule has 1 heterocycles. The minimum Gasteiger partial charge on any atom is -0.354 e. The second kappa shape index (κ2) is 7.41. The molecule has 3 N–H and O–H groups in total. The van der Waals surface area contributed by atoms with Crippen LogP contribution >= 0.6 is 0 Å². The van der Waals surface area contributed by atoms with Gasteiger partial charge in [-0.1, -0.05) is 30.7 Å². The molecule has 4 heteroatoms. The number of likely N-dealkylation sites (tertiary alicyclic amines) is 1. The molecule has 20 heavy (non-hydrogen) atoms. The number of nitrogens with two attached hydrogens (primary N) is 1. The number of carbonyl (C=O) groups excluding carboxylic acids is 1. The van der Waals surface area contributed by atoms with Crippen molar-refractivity contribution < 1.29 is 4.79 Å². The maximum Gasteiger partial charge on any atom is 0.224 e. The standard InChI is InChI=1S/C16H25N3O/c1-19-9-3-2-4-15(19)12-18-16(20)10-13-5-7-14(11-17)8-6-13/h5-8,15H,2-4,9-12,17H2,1H3,(H,18,20). The number of piperidine rings is 1. The van der Waals surface area contributed by atoms with Crippen molar-refractivity contribution in [1.29, 1.82) is 0 Å². The second-order valence-corrected chi connectivity index (χ2v) is 5.63. The van der Waals surface area contributed by atoms with Crippen LogP contribution in [-0.4, -0.2) is 37.0 Å². The number of likely N-dealkylation sites (N-methyl/N-ethyl adjacent to an activating group) is 1. The summed E-state index contributed by atoms with van der Waals surface area (Å²) in [4.78, 5) is 14.3. The average molecular weight is 275 g/mol. The van der Waals surface area contributed by atoms with Crippen LogP contribution in [0.2, 0.25) is 0 Å². The molecule has 0 aromatic heterocycles. The molecule has 0 saturated carbocycles. The van der Waals surface area contributed by atoms with Gasteiger partial charge >= 0.3 is 0 Å². The van der Waals surface area contributed by atoms with Crippen LogP contribution in [0.15, 0.2) is 24.3 Å². The SMILES string of the molecule is CN1CCCCC1CNC(=O)Cc1ccc(CN)cc1. The molecule has 110 valence electrons. The Morgan fingerprint density at radius 2 is 2.00 bits per heavy atom.